The van der Waals surface area contributed by atoms with Crippen molar-refractivity contribution in [3.63, 3.8) is 0 Å². The Balaban J connectivity index is 2.39. The molecule has 2 aromatic rings. The molecule has 0 saturated carbocycles. The summed E-state index contributed by atoms with van der Waals surface area (Å²) >= 11 is 0. The minimum absolute atomic E-state index is 0.0571. The highest BCUT2D eigenvalue weighted by molar-refractivity contribution is 7.89. The van der Waals surface area contributed by atoms with Crippen LogP contribution in [0.1, 0.15) is 64.5 Å². The van der Waals surface area contributed by atoms with E-state index in [0.29, 0.717) is 5.82 Å². The van der Waals surface area contributed by atoms with Crippen molar-refractivity contribution >= 4 is 21.7 Å². The molecule has 0 atom stereocenters. The smallest absolute Gasteiger partial charge is 0.256 e. The van der Waals surface area contributed by atoms with Gasteiger partial charge >= 0.3 is 0 Å². The van der Waals surface area contributed by atoms with Crippen molar-refractivity contribution in [3.8, 4) is 0 Å². The maximum atomic E-state index is 12.8. The zero-order valence-electron chi connectivity index (χ0n) is 17.6. The van der Waals surface area contributed by atoms with Crippen LogP contribution >= 0.6 is 0 Å². The van der Waals surface area contributed by atoms with E-state index in [4.69, 9.17) is 0 Å². The SMILES string of the molecule is CCNS(=O)(=O)c1cccc(C(=O)Nc2cc(C(C)(C)C)nn2C(C)(C)C)c1. The van der Waals surface area contributed by atoms with Crippen LogP contribution in [0.3, 0.4) is 0 Å². The van der Waals surface area contributed by atoms with Crippen LogP contribution in [0.15, 0.2) is 35.2 Å². The molecule has 1 aromatic heterocycles. The third kappa shape index (κ3) is 4.99. The molecule has 1 heterocycles. The topological polar surface area (TPSA) is 93.1 Å². The number of nitrogens with one attached hydrogen (secondary N) is 2. The highest BCUT2D eigenvalue weighted by atomic mass is 32.2. The van der Waals surface area contributed by atoms with Gasteiger partial charge in [-0.3, -0.25) is 4.79 Å². The second-order valence-corrected chi connectivity index (χ2v) is 10.5. The Morgan fingerprint density at radius 2 is 1.75 bits per heavy atom. The highest BCUT2D eigenvalue weighted by Gasteiger charge is 2.26. The van der Waals surface area contributed by atoms with Gasteiger partial charge in [0, 0.05) is 23.6 Å². The van der Waals surface area contributed by atoms with E-state index in [0.717, 1.165) is 5.69 Å². The summed E-state index contributed by atoms with van der Waals surface area (Å²) in [4.78, 5) is 12.9. The fourth-order valence-electron chi connectivity index (χ4n) is 2.61. The largest absolute Gasteiger partial charge is 0.307 e. The monoisotopic (exact) mass is 406 g/mol. The van der Waals surface area contributed by atoms with E-state index in [1.54, 1.807) is 23.7 Å². The molecule has 0 radical (unpaired) electrons. The first-order chi connectivity index (χ1) is 12.8. The number of carbonyl (C=O) groups excluding carboxylic acids is 1. The van der Waals surface area contributed by atoms with Crippen LogP contribution in [-0.4, -0.2) is 30.7 Å². The molecule has 0 unspecified atom stereocenters. The molecule has 1 aromatic carbocycles. The second kappa shape index (κ2) is 7.67. The Morgan fingerprint density at radius 1 is 1.11 bits per heavy atom. The summed E-state index contributed by atoms with van der Waals surface area (Å²) < 4.78 is 28.6. The first-order valence-corrected chi connectivity index (χ1v) is 10.8. The van der Waals surface area contributed by atoms with Crippen LogP contribution in [-0.2, 0) is 21.0 Å². The fourth-order valence-corrected chi connectivity index (χ4v) is 3.70. The van der Waals surface area contributed by atoms with Crippen molar-refractivity contribution in [2.75, 3.05) is 11.9 Å². The van der Waals surface area contributed by atoms with Crippen molar-refractivity contribution in [2.24, 2.45) is 0 Å². The summed E-state index contributed by atoms with van der Waals surface area (Å²) in [6.07, 6.45) is 0. The van der Waals surface area contributed by atoms with Gasteiger partial charge in [0.15, 0.2) is 0 Å². The molecule has 2 rings (SSSR count). The molecule has 154 valence electrons. The number of hydrogen-bond donors (Lipinski definition) is 2. The van der Waals surface area contributed by atoms with Gasteiger partial charge in [0.25, 0.3) is 5.91 Å². The van der Waals surface area contributed by atoms with E-state index in [1.165, 1.54) is 12.1 Å². The summed E-state index contributed by atoms with van der Waals surface area (Å²) in [6, 6.07) is 7.84. The predicted molar refractivity (Wildman–Crippen MR) is 111 cm³/mol. The van der Waals surface area contributed by atoms with Crippen molar-refractivity contribution < 1.29 is 13.2 Å². The molecule has 0 fully saturated rings. The van der Waals surface area contributed by atoms with Gasteiger partial charge in [0.05, 0.1) is 16.1 Å². The molecule has 28 heavy (non-hydrogen) atoms. The molecule has 8 heteroatoms. The predicted octanol–water partition coefficient (Wildman–Crippen LogP) is 3.49. The van der Waals surface area contributed by atoms with Gasteiger partial charge in [-0.1, -0.05) is 33.8 Å². The van der Waals surface area contributed by atoms with Gasteiger partial charge in [-0.15, -0.1) is 0 Å². The molecular weight excluding hydrogens is 376 g/mol. The third-order valence-corrected chi connectivity index (χ3v) is 5.64. The van der Waals surface area contributed by atoms with Gasteiger partial charge < -0.3 is 5.32 Å². The van der Waals surface area contributed by atoms with E-state index in [1.807, 2.05) is 26.8 Å². The number of aromatic nitrogens is 2. The number of sulfonamides is 1. The summed E-state index contributed by atoms with van der Waals surface area (Å²) in [5.41, 5.74) is 0.622. The van der Waals surface area contributed by atoms with Crippen molar-refractivity contribution in [1.82, 2.24) is 14.5 Å². The van der Waals surface area contributed by atoms with Crippen LogP contribution in [0, 0.1) is 0 Å². The zero-order chi connectivity index (χ0) is 21.3. The summed E-state index contributed by atoms with van der Waals surface area (Å²) in [6.45, 7) is 14.2. The number of rotatable bonds is 5. The van der Waals surface area contributed by atoms with Crippen molar-refractivity contribution in [3.05, 3.63) is 41.6 Å². The van der Waals surface area contributed by atoms with E-state index >= 15 is 0 Å². The third-order valence-electron chi connectivity index (χ3n) is 4.10. The van der Waals surface area contributed by atoms with Gasteiger partial charge in [0.2, 0.25) is 10.0 Å². The zero-order valence-corrected chi connectivity index (χ0v) is 18.4. The van der Waals surface area contributed by atoms with E-state index in [-0.39, 0.29) is 33.9 Å². The van der Waals surface area contributed by atoms with Crippen LogP contribution < -0.4 is 10.0 Å². The van der Waals surface area contributed by atoms with Crippen LogP contribution in [0.25, 0.3) is 0 Å². The minimum Gasteiger partial charge on any atom is -0.307 e. The first kappa shape index (κ1) is 22.1. The van der Waals surface area contributed by atoms with Gasteiger partial charge in [-0.2, -0.15) is 5.10 Å². The highest BCUT2D eigenvalue weighted by Crippen LogP contribution is 2.28. The minimum atomic E-state index is -3.63. The summed E-state index contributed by atoms with van der Waals surface area (Å²) in [7, 11) is -3.63. The lowest BCUT2D eigenvalue weighted by molar-refractivity contribution is 0.102. The lowest BCUT2D eigenvalue weighted by Gasteiger charge is -2.23. The first-order valence-electron chi connectivity index (χ1n) is 9.28. The molecule has 7 nitrogen and oxygen atoms in total. The van der Waals surface area contributed by atoms with E-state index in [9.17, 15) is 13.2 Å². The number of carbonyl (C=O) groups is 1. The molecule has 0 aliphatic carbocycles. The molecule has 2 N–H and O–H groups in total. The Bertz CT molecular complexity index is 964. The second-order valence-electron chi connectivity index (χ2n) is 8.73. The lowest BCUT2D eigenvalue weighted by atomic mass is 9.92. The Labute approximate surface area is 167 Å². The molecule has 1 amide bonds. The summed E-state index contributed by atoms with van der Waals surface area (Å²) in [5.74, 6) is 0.182. The number of benzene rings is 1. The maximum absolute atomic E-state index is 12.8. The molecular formula is C20H30N4O3S. The maximum Gasteiger partial charge on any atom is 0.256 e. The number of amides is 1. The number of nitrogens with zero attached hydrogens (tertiary/aromatic N) is 2. The molecule has 0 spiro atoms. The molecule has 0 saturated heterocycles. The fraction of sp³-hybridized carbons (Fsp3) is 0.500. The summed E-state index contributed by atoms with van der Waals surface area (Å²) in [5, 5.41) is 7.56. The quantitative estimate of drug-likeness (QED) is 0.795. The standard InChI is InChI=1S/C20H30N4O3S/c1-8-21-28(26,27)15-11-9-10-14(12-15)18(25)22-17-13-16(19(2,3)4)23-24(17)20(5,6)7/h9-13,21H,8H2,1-7H3,(H,22,25). The molecule has 0 aliphatic rings. The van der Waals surface area contributed by atoms with Gasteiger partial charge in [-0.05, 0) is 39.0 Å². The molecule has 0 aliphatic heterocycles. The van der Waals surface area contributed by atoms with Crippen molar-refractivity contribution in [2.45, 2.75) is 64.3 Å². The van der Waals surface area contributed by atoms with Crippen molar-refractivity contribution in [1.29, 1.82) is 0 Å². The van der Waals surface area contributed by atoms with Gasteiger partial charge in [-0.25, -0.2) is 17.8 Å². The average molecular weight is 407 g/mol. The Morgan fingerprint density at radius 3 is 2.29 bits per heavy atom. The van der Waals surface area contributed by atoms with Crippen LogP contribution in [0.4, 0.5) is 5.82 Å². The number of hydrogen-bond acceptors (Lipinski definition) is 4. The molecule has 0 bridgehead atoms. The van der Waals surface area contributed by atoms with E-state index in [2.05, 4.69) is 35.9 Å². The van der Waals surface area contributed by atoms with Crippen LogP contribution in [0.5, 0.6) is 0 Å². The average Bonchev–Trinajstić information content (AvgIpc) is 2.99. The van der Waals surface area contributed by atoms with Crippen LogP contribution in [0.2, 0.25) is 0 Å². The van der Waals surface area contributed by atoms with E-state index < -0.39 is 10.0 Å². The number of anilines is 1. The van der Waals surface area contributed by atoms with Gasteiger partial charge in [0.1, 0.15) is 5.82 Å². The Kier molecular flexibility index (Phi) is 6.06. The Hall–Kier alpha value is -2.19. The normalized spacial score (nSPS) is 12.8. The lowest BCUT2D eigenvalue weighted by Crippen LogP contribution is -2.27.